The van der Waals surface area contributed by atoms with E-state index < -0.39 is 36.9 Å². The van der Waals surface area contributed by atoms with E-state index in [0.717, 1.165) is 0 Å². The zero-order chi connectivity index (χ0) is 23.1. The number of rotatable bonds is 7. The van der Waals surface area contributed by atoms with Crippen molar-refractivity contribution < 1.29 is 23.7 Å². The Bertz CT molecular complexity index is 811. The van der Waals surface area contributed by atoms with Gasteiger partial charge in [-0.15, -0.1) is 0 Å². The number of halogens is 2. The predicted molar refractivity (Wildman–Crippen MR) is 120 cm³/mol. The van der Waals surface area contributed by atoms with E-state index >= 15 is 0 Å². The molecule has 1 heterocycles. The molecule has 0 aromatic heterocycles. The maximum absolute atomic E-state index is 12.5. The molecule has 1 aromatic carbocycles. The molecule has 1 saturated heterocycles. The van der Waals surface area contributed by atoms with Gasteiger partial charge in [-0.05, 0) is 44.4 Å². The minimum absolute atomic E-state index is 0.0533. The first-order valence-corrected chi connectivity index (χ1v) is 10.9. The van der Waals surface area contributed by atoms with Crippen LogP contribution in [-0.4, -0.2) is 56.1 Å². The Morgan fingerprint density at radius 3 is 2.68 bits per heavy atom. The minimum atomic E-state index is -0.927. The van der Waals surface area contributed by atoms with Gasteiger partial charge in [-0.25, -0.2) is 0 Å². The number of hydrogen-bond acceptors (Lipinski definition) is 6. The summed E-state index contributed by atoms with van der Waals surface area (Å²) in [5.74, 6) is -1.79. The van der Waals surface area contributed by atoms with Crippen molar-refractivity contribution >= 4 is 48.1 Å². The van der Waals surface area contributed by atoms with Crippen molar-refractivity contribution in [2.75, 3.05) is 13.2 Å². The molecule has 0 saturated carbocycles. The Labute approximate surface area is 192 Å². The largest absolute Gasteiger partial charge is 0.551 e. The van der Waals surface area contributed by atoms with Crippen LogP contribution in [-0.2, 0) is 18.9 Å². The molecule has 1 aliphatic rings. The number of carbonyl (C=O) groups is 3. The van der Waals surface area contributed by atoms with Gasteiger partial charge < -0.3 is 19.9 Å². The monoisotopic (exact) mass is 471 g/mol. The molecule has 0 bridgehead atoms. The van der Waals surface area contributed by atoms with Crippen LogP contribution >= 0.6 is 23.2 Å². The first-order valence-electron chi connectivity index (χ1n) is 10.2. The van der Waals surface area contributed by atoms with Crippen molar-refractivity contribution in [3.8, 4) is 0 Å². The summed E-state index contributed by atoms with van der Waals surface area (Å²) in [5.41, 5.74) is 0.174. The Balaban J connectivity index is 2.02. The third-order valence-corrected chi connectivity index (χ3v) is 5.18. The topological polar surface area (TPSA) is 106 Å². The predicted octanol–water partition coefficient (Wildman–Crippen LogP) is 2.22. The molecule has 0 spiro atoms. The van der Waals surface area contributed by atoms with Crippen LogP contribution in [0.2, 0.25) is 10.0 Å². The van der Waals surface area contributed by atoms with Crippen molar-refractivity contribution in [2.45, 2.75) is 52.1 Å². The SMILES string of the molecule is CC(C)C[C@H](NC(=O)CNC(=O)c1cc(Cl)ccc1Cl)B1OC[C@H](C)N[C@H](C)C(=O)O1. The molecule has 31 heavy (non-hydrogen) atoms. The second kappa shape index (κ2) is 11.7. The van der Waals surface area contributed by atoms with E-state index in [2.05, 4.69) is 16.0 Å². The smallest absolute Gasteiger partial charge is 0.507 e. The number of hydrogen-bond donors (Lipinski definition) is 3. The Morgan fingerprint density at radius 2 is 2.00 bits per heavy atom. The fourth-order valence-corrected chi connectivity index (χ4v) is 3.54. The van der Waals surface area contributed by atoms with Gasteiger partial charge in [-0.1, -0.05) is 37.0 Å². The van der Waals surface area contributed by atoms with E-state index in [1.54, 1.807) is 13.0 Å². The molecule has 11 heteroatoms. The summed E-state index contributed by atoms with van der Waals surface area (Å²) in [6.45, 7) is 7.62. The van der Waals surface area contributed by atoms with Gasteiger partial charge in [0.25, 0.3) is 5.91 Å². The Hall–Kier alpha value is -1.81. The molecule has 2 rings (SSSR count). The van der Waals surface area contributed by atoms with E-state index in [1.165, 1.54) is 12.1 Å². The van der Waals surface area contributed by atoms with Crippen molar-refractivity contribution in [1.82, 2.24) is 16.0 Å². The summed E-state index contributed by atoms with van der Waals surface area (Å²) in [7, 11) is -0.927. The molecule has 170 valence electrons. The van der Waals surface area contributed by atoms with Crippen LogP contribution in [0.1, 0.15) is 44.5 Å². The first kappa shape index (κ1) is 25.5. The van der Waals surface area contributed by atoms with Gasteiger partial charge in [0, 0.05) is 17.7 Å². The fraction of sp³-hybridized carbons (Fsp3) is 0.550. The molecule has 3 N–H and O–H groups in total. The van der Waals surface area contributed by atoms with E-state index in [9.17, 15) is 14.4 Å². The second-order valence-electron chi connectivity index (χ2n) is 8.04. The van der Waals surface area contributed by atoms with Gasteiger partial charge in [-0.2, -0.15) is 0 Å². The lowest BCUT2D eigenvalue weighted by Crippen LogP contribution is -2.57. The lowest BCUT2D eigenvalue weighted by molar-refractivity contribution is -0.139. The van der Waals surface area contributed by atoms with Gasteiger partial charge in [-0.3, -0.25) is 19.7 Å². The van der Waals surface area contributed by atoms with Crippen LogP contribution in [0.25, 0.3) is 0 Å². The zero-order valence-electron chi connectivity index (χ0n) is 18.0. The summed E-state index contributed by atoms with van der Waals surface area (Å²) >= 11 is 11.9. The number of carbonyl (C=O) groups excluding carboxylic acids is 3. The molecule has 0 unspecified atom stereocenters. The maximum atomic E-state index is 12.5. The highest BCUT2D eigenvalue weighted by molar-refractivity contribution is 6.49. The van der Waals surface area contributed by atoms with E-state index in [1.807, 2.05) is 20.8 Å². The molecule has 1 aromatic rings. The van der Waals surface area contributed by atoms with Gasteiger partial charge in [0.2, 0.25) is 5.91 Å². The zero-order valence-corrected chi connectivity index (χ0v) is 19.5. The highest BCUT2D eigenvalue weighted by atomic mass is 35.5. The fourth-order valence-electron chi connectivity index (χ4n) is 3.16. The van der Waals surface area contributed by atoms with E-state index in [4.69, 9.17) is 32.5 Å². The number of amides is 2. The molecule has 0 radical (unpaired) electrons. The van der Waals surface area contributed by atoms with Gasteiger partial charge in [0.05, 0.1) is 23.1 Å². The van der Waals surface area contributed by atoms with Crippen molar-refractivity contribution in [1.29, 1.82) is 0 Å². The third kappa shape index (κ3) is 7.99. The summed E-state index contributed by atoms with van der Waals surface area (Å²) in [6.07, 6.45) is 0.522. The normalized spacial score (nSPS) is 20.5. The molecule has 1 aliphatic heterocycles. The third-order valence-electron chi connectivity index (χ3n) is 4.61. The average molecular weight is 472 g/mol. The molecular formula is C20H28BCl2N3O5. The minimum Gasteiger partial charge on any atom is -0.507 e. The summed E-state index contributed by atoms with van der Waals surface area (Å²) in [4.78, 5) is 37.2. The molecule has 3 atom stereocenters. The molecular weight excluding hydrogens is 444 g/mol. The summed E-state index contributed by atoms with van der Waals surface area (Å²) in [6, 6.07) is 3.96. The average Bonchev–Trinajstić information content (AvgIpc) is 2.69. The van der Waals surface area contributed by atoms with Crippen molar-refractivity contribution in [3.63, 3.8) is 0 Å². The van der Waals surface area contributed by atoms with Crippen LogP contribution in [0.3, 0.4) is 0 Å². The molecule has 1 fully saturated rings. The van der Waals surface area contributed by atoms with E-state index in [0.29, 0.717) is 18.1 Å². The van der Waals surface area contributed by atoms with Crippen LogP contribution in [0, 0.1) is 5.92 Å². The van der Waals surface area contributed by atoms with Gasteiger partial charge in [0.15, 0.2) is 0 Å². The number of benzene rings is 1. The number of nitrogens with one attached hydrogen (secondary N) is 3. The maximum Gasteiger partial charge on any atom is 0.551 e. The summed E-state index contributed by atoms with van der Waals surface area (Å²) in [5, 5.41) is 9.00. The van der Waals surface area contributed by atoms with Crippen molar-refractivity contribution in [2.24, 2.45) is 5.92 Å². The van der Waals surface area contributed by atoms with Gasteiger partial charge >= 0.3 is 13.1 Å². The van der Waals surface area contributed by atoms with Gasteiger partial charge in [0.1, 0.15) is 6.04 Å². The van der Waals surface area contributed by atoms with Crippen molar-refractivity contribution in [3.05, 3.63) is 33.8 Å². The molecule has 2 amide bonds. The van der Waals surface area contributed by atoms with Crippen LogP contribution < -0.4 is 16.0 Å². The highest BCUT2D eigenvalue weighted by Gasteiger charge is 2.38. The standard InChI is InChI=1S/C20H28BCl2N3O5/c1-11(2)7-17(21-30-10-12(3)25-13(4)20(29)31-21)26-18(27)9-24-19(28)15-8-14(22)5-6-16(15)23/h5-6,8,11-13,17,25H,7,9-10H2,1-4H3,(H,24,28)(H,26,27)/t12-,13+,17-/m0/s1. The Kier molecular flexibility index (Phi) is 9.62. The Morgan fingerprint density at radius 1 is 1.29 bits per heavy atom. The van der Waals surface area contributed by atoms with E-state index in [-0.39, 0.29) is 29.1 Å². The summed E-state index contributed by atoms with van der Waals surface area (Å²) < 4.78 is 11.2. The lowest BCUT2D eigenvalue weighted by atomic mass is 9.73. The molecule has 0 aliphatic carbocycles. The quantitative estimate of drug-likeness (QED) is 0.526. The first-order chi connectivity index (χ1) is 14.6. The van der Waals surface area contributed by atoms with Crippen LogP contribution in [0.4, 0.5) is 0 Å². The second-order valence-corrected chi connectivity index (χ2v) is 8.88. The van der Waals surface area contributed by atoms with Crippen LogP contribution in [0.5, 0.6) is 0 Å². The highest BCUT2D eigenvalue weighted by Crippen LogP contribution is 2.20. The van der Waals surface area contributed by atoms with Crippen LogP contribution in [0.15, 0.2) is 18.2 Å². The lowest BCUT2D eigenvalue weighted by Gasteiger charge is -2.30. The molecule has 8 nitrogen and oxygen atoms in total.